The van der Waals surface area contributed by atoms with Crippen LogP contribution >= 0.6 is 11.6 Å². The van der Waals surface area contributed by atoms with Crippen molar-refractivity contribution in [2.75, 3.05) is 10.8 Å². The van der Waals surface area contributed by atoms with Crippen molar-refractivity contribution >= 4 is 39.1 Å². The summed E-state index contributed by atoms with van der Waals surface area (Å²) in [4.78, 5) is 29.9. The van der Waals surface area contributed by atoms with E-state index in [9.17, 15) is 18.0 Å². The number of rotatable bonds is 12. The summed E-state index contributed by atoms with van der Waals surface area (Å²) in [6.07, 6.45) is 0.226. The average Bonchev–Trinajstić information content (AvgIpc) is 2.99. The van der Waals surface area contributed by atoms with Gasteiger partial charge in [0, 0.05) is 24.0 Å². The molecule has 0 aromatic heterocycles. The third-order valence-corrected chi connectivity index (χ3v) is 9.65. The highest BCUT2D eigenvalue weighted by atomic mass is 35.5. The number of hydrogen-bond donors (Lipinski definition) is 1. The van der Waals surface area contributed by atoms with E-state index in [1.54, 1.807) is 48.5 Å². The van der Waals surface area contributed by atoms with Gasteiger partial charge in [-0.05, 0) is 75.6 Å². The predicted molar refractivity (Wildman–Crippen MR) is 181 cm³/mol. The second kappa shape index (κ2) is 14.8. The Hall–Kier alpha value is -4.14. The molecule has 7 nitrogen and oxygen atoms in total. The van der Waals surface area contributed by atoms with Gasteiger partial charge in [0.2, 0.25) is 11.8 Å². The van der Waals surface area contributed by atoms with Crippen molar-refractivity contribution < 1.29 is 18.0 Å². The van der Waals surface area contributed by atoms with Crippen molar-refractivity contribution in [1.29, 1.82) is 0 Å². The molecule has 2 amide bonds. The quantitative estimate of drug-likeness (QED) is 0.188. The summed E-state index contributed by atoms with van der Waals surface area (Å²) < 4.78 is 29.6. The Morgan fingerprint density at radius 1 is 0.822 bits per heavy atom. The van der Waals surface area contributed by atoms with Crippen molar-refractivity contribution in [3.05, 3.63) is 130 Å². The number of sulfonamides is 1. The summed E-state index contributed by atoms with van der Waals surface area (Å²) in [6, 6.07) is 27.4. The molecule has 0 radical (unpaired) electrons. The van der Waals surface area contributed by atoms with E-state index in [-0.39, 0.29) is 29.8 Å². The Morgan fingerprint density at radius 3 is 2.07 bits per heavy atom. The van der Waals surface area contributed by atoms with Crippen LogP contribution in [0.15, 0.2) is 102 Å². The van der Waals surface area contributed by atoms with E-state index in [1.165, 1.54) is 4.90 Å². The molecule has 0 spiro atoms. The molecule has 45 heavy (non-hydrogen) atoms. The Kier molecular flexibility index (Phi) is 11.1. The first kappa shape index (κ1) is 33.7. The lowest BCUT2D eigenvalue weighted by Crippen LogP contribution is -2.54. The number of hydrogen-bond acceptors (Lipinski definition) is 4. The molecule has 0 aliphatic rings. The Morgan fingerprint density at radius 2 is 1.44 bits per heavy atom. The number of anilines is 1. The highest BCUT2D eigenvalue weighted by Crippen LogP contribution is 2.29. The van der Waals surface area contributed by atoms with Crippen LogP contribution in [0.1, 0.15) is 41.7 Å². The maximum atomic E-state index is 14.6. The van der Waals surface area contributed by atoms with Gasteiger partial charge in [0.05, 0.1) is 10.6 Å². The standard InChI is InChI=1S/C36H40ClN3O4S/c1-25(2)38-36(42)34(22-29-11-7-6-8-12-29)39(23-30-13-9-10-14-32(30)37)35(41)24-40(33-20-17-27(4)21-28(33)5)45(43,44)31-18-15-26(3)16-19-31/h6-21,25,34H,22-24H2,1-5H3,(H,38,42). The van der Waals surface area contributed by atoms with Crippen LogP contribution in [0.3, 0.4) is 0 Å². The zero-order valence-corrected chi connectivity index (χ0v) is 27.9. The molecule has 4 aromatic rings. The van der Waals surface area contributed by atoms with Gasteiger partial charge in [-0.15, -0.1) is 0 Å². The molecule has 0 saturated carbocycles. The van der Waals surface area contributed by atoms with Crippen LogP contribution in [0.2, 0.25) is 5.02 Å². The van der Waals surface area contributed by atoms with Crippen LogP contribution in [-0.4, -0.2) is 43.8 Å². The summed E-state index contributed by atoms with van der Waals surface area (Å²) in [5, 5.41) is 3.40. The lowest BCUT2D eigenvalue weighted by molar-refractivity contribution is -0.140. The van der Waals surface area contributed by atoms with E-state index >= 15 is 0 Å². The molecule has 1 N–H and O–H groups in total. The largest absolute Gasteiger partial charge is 0.352 e. The fourth-order valence-electron chi connectivity index (χ4n) is 5.18. The molecule has 4 aromatic carbocycles. The van der Waals surface area contributed by atoms with Gasteiger partial charge in [-0.1, -0.05) is 95.5 Å². The third kappa shape index (κ3) is 8.53. The van der Waals surface area contributed by atoms with Crippen molar-refractivity contribution in [1.82, 2.24) is 10.2 Å². The van der Waals surface area contributed by atoms with E-state index in [2.05, 4.69) is 5.32 Å². The first-order chi connectivity index (χ1) is 21.4. The molecule has 4 rings (SSSR count). The van der Waals surface area contributed by atoms with Gasteiger partial charge >= 0.3 is 0 Å². The first-order valence-electron chi connectivity index (χ1n) is 14.9. The van der Waals surface area contributed by atoms with E-state index < -0.39 is 28.5 Å². The number of amides is 2. The molecule has 1 unspecified atom stereocenters. The maximum Gasteiger partial charge on any atom is 0.264 e. The second-order valence-electron chi connectivity index (χ2n) is 11.6. The van der Waals surface area contributed by atoms with Gasteiger partial charge in [0.25, 0.3) is 10.0 Å². The first-order valence-corrected chi connectivity index (χ1v) is 16.7. The van der Waals surface area contributed by atoms with Gasteiger partial charge in [0.1, 0.15) is 12.6 Å². The fraction of sp³-hybridized carbons (Fsp3) is 0.278. The van der Waals surface area contributed by atoms with Crippen molar-refractivity contribution in [3.8, 4) is 0 Å². The molecule has 0 heterocycles. The number of nitrogens with one attached hydrogen (secondary N) is 1. The SMILES string of the molecule is Cc1ccc(S(=O)(=O)N(CC(=O)N(Cc2ccccc2Cl)C(Cc2ccccc2)C(=O)NC(C)C)c2ccc(C)cc2C)cc1. The summed E-state index contributed by atoms with van der Waals surface area (Å²) in [6.45, 7) is 8.82. The number of benzene rings is 4. The molecular weight excluding hydrogens is 606 g/mol. The molecule has 0 fully saturated rings. The van der Waals surface area contributed by atoms with Gasteiger partial charge in [0.15, 0.2) is 0 Å². The summed E-state index contributed by atoms with van der Waals surface area (Å²) in [5.74, 6) is -0.876. The molecule has 0 saturated heterocycles. The Bertz CT molecular complexity index is 1740. The van der Waals surface area contributed by atoms with Crippen LogP contribution in [0.25, 0.3) is 0 Å². The second-order valence-corrected chi connectivity index (χ2v) is 13.9. The minimum atomic E-state index is -4.18. The molecule has 9 heteroatoms. The van der Waals surface area contributed by atoms with Gasteiger partial charge in [-0.2, -0.15) is 0 Å². The summed E-state index contributed by atoms with van der Waals surface area (Å²) in [5.41, 5.74) is 4.46. The minimum absolute atomic E-state index is 0.00677. The van der Waals surface area contributed by atoms with Crippen molar-refractivity contribution in [3.63, 3.8) is 0 Å². The lowest BCUT2D eigenvalue weighted by Gasteiger charge is -2.34. The van der Waals surface area contributed by atoms with E-state index in [1.807, 2.05) is 83.1 Å². The number of aryl methyl sites for hydroxylation is 3. The van der Waals surface area contributed by atoms with Gasteiger partial charge in [-0.3, -0.25) is 13.9 Å². The summed E-state index contributed by atoms with van der Waals surface area (Å²) in [7, 11) is -4.18. The smallest absolute Gasteiger partial charge is 0.264 e. The van der Waals surface area contributed by atoms with Crippen LogP contribution in [-0.2, 0) is 32.6 Å². The third-order valence-electron chi connectivity index (χ3n) is 7.51. The van der Waals surface area contributed by atoms with Gasteiger partial charge in [-0.25, -0.2) is 8.42 Å². The lowest BCUT2D eigenvalue weighted by atomic mass is 10.0. The topological polar surface area (TPSA) is 86.8 Å². The Balaban J connectivity index is 1.84. The number of nitrogens with zero attached hydrogens (tertiary/aromatic N) is 2. The molecular formula is C36H40ClN3O4S. The molecule has 0 aliphatic carbocycles. The zero-order chi connectivity index (χ0) is 32.7. The summed E-state index contributed by atoms with van der Waals surface area (Å²) >= 11 is 6.56. The van der Waals surface area contributed by atoms with Crippen molar-refractivity contribution in [2.24, 2.45) is 0 Å². The van der Waals surface area contributed by atoms with Crippen LogP contribution in [0.5, 0.6) is 0 Å². The van der Waals surface area contributed by atoms with E-state index in [4.69, 9.17) is 11.6 Å². The average molecular weight is 646 g/mol. The maximum absolute atomic E-state index is 14.6. The molecule has 1 atom stereocenters. The predicted octanol–water partition coefficient (Wildman–Crippen LogP) is 6.63. The van der Waals surface area contributed by atoms with E-state index in [0.29, 0.717) is 21.8 Å². The van der Waals surface area contributed by atoms with Crippen LogP contribution in [0.4, 0.5) is 5.69 Å². The molecule has 0 bridgehead atoms. The van der Waals surface area contributed by atoms with E-state index in [0.717, 1.165) is 21.0 Å². The Labute approximate surface area is 271 Å². The minimum Gasteiger partial charge on any atom is -0.352 e. The molecule has 236 valence electrons. The van der Waals surface area contributed by atoms with Crippen LogP contribution < -0.4 is 9.62 Å². The highest BCUT2D eigenvalue weighted by molar-refractivity contribution is 7.92. The van der Waals surface area contributed by atoms with Crippen LogP contribution in [0, 0.1) is 20.8 Å². The number of halogens is 1. The highest BCUT2D eigenvalue weighted by Gasteiger charge is 2.35. The molecule has 0 aliphatic heterocycles. The van der Waals surface area contributed by atoms with Crippen molar-refractivity contribution in [2.45, 2.75) is 64.6 Å². The van der Waals surface area contributed by atoms with Gasteiger partial charge < -0.3 is 10.2 Å². The fourth-order valence-corrected chi connectivity index (χ4v) is 6.86. The normalized spacial score (nSPS) is 12.1. The zero-order valence-electron chi connectivity index (χ0n) is 26.3. The monoisotopic (exact) mass is 645 g/mol. The number of carbonyl (C=O) groups excluding carboxylic acids is 2. The number of carbonyl (C=O) groups is 2.